The third kappa shape index (κ3) is 1.12. The molecular weight excluding hydrogens is 142 g/mol. The minimum absolute atomic E-state index is 0.0336. The molecular formula is C8H11NO2. The molecule has 0 unspecified atom stereocenters. The first-order valence-electron chi connectivity index (χ1n) is 3.79. The minimum atomic E-state index is -0.0336. The quantitative estimate of drug-likeness (QED) is 0.675. The predicted octanol–water partition coefficient (Wildman–Crippen LogP) is 1.40. The van der Waals surface area contributed by atoms with Crippen molar-refractivity contribution in [2.24, 2.45) is 11.7 Å². The molecule has 1 aromatic rings. The monoisotopic (exact) mass is 153 g/mol. The second-order valence-electron chi connectivity index (χ2n) is 3.08. The van der Waals surface area contributed by atoms with E-state index >= 15 is 0 Å². The maximum atomic E-state index is 9.22. The molecule has 0 bridgehead atoms. The van der Waals surface area contributed by atoms with Crippen molar-refractivity contribution in [3.05, 3.63) is 18.1 Å². The molecule has 3 nitrogen and oxygen atoms in total. The second kappa shape index (κ2) is 2.27. The molecule has 1 aromatic heterocycles. The molecule has 1 saturated carbocycles. The molecule has 1 aliphatic rings. The van der Waals surface area contributed by atoms with Crippen LogP contribution in [0.3, 0.4) is 0 Å². The summed E-state index contributed by atoms with van der Waals surface area (Å²) in [6.45, 7) is 0. The molecule has 0 aliphatic heterocycles. The van der Waals surface area contributed by atoms with Crippen molar-refractivity contribution < 1.29 is 9.52 Å². The molecule has 0 aromatic carbocycles. The largest absolute Gasteiger partial charge is 0.504 e. The topological polar surface area (TPSA) is 59.4 Å². The third-order valence-electron chi connectivity index (χ3n) is 2.16. The van der Waals surface area contributed by atoms with E-state index in [9.17, 15) is 5.11 Å². The van der Waals surface area contributed by atoms with Crippen molar-refractivity contribution in [1.29, 1.82) is 0 Å². The highest BCUT2D eigenvalue weighted by molar-refractivity contribution is 5.30. The van der Waals surface area contributed by atoms with Gasteiger partial charge in [-0.25, -0.2) is 0 Å². The molecule has 0 radical (unpaired) electrons. The molecule has 11 heavy (non-hydrogen) atoms. The van der Waals surface area contributed by atoms with Gasteiger partial charge in [-0.15, -0.1) is 0 Å². The zero-order chi connectivity index (χ0) is 7.84. The molecule has 0 amide bonds. The molecule has 1 aliphatic carbocycles. The first kappa shape index (κ1) is 6.73. The van der Waals surface area contributed by atoms with Gasteiger partial charge in [0, 0.05) is 11.6 Å². The van der Waals surface area contributed by atoms with Crippen LogP contribution in [-0.2, 0) is 0 Å². The van der Waals surface area contributed by atoms with E-state index in [-0.39, 0.29) is 11.8 Å². The Morgan fingerprint density at radius 3 is 2.73 bits per heavy atom. The lowest BCUT2D eigenvalue weighted by Crippen LogP contribution is -2.11. The Hall–Kier alpha value is -0.960. The van der Waals surface area contributed by atoms with Gasteiger partial charge in [-0.3, -0.25) is 0 Å². The van der Waals surface area contributed by atoms with Crippen LogP contribution in [0.1, 0.15) is 24.4 Å². The van der Waals surface area contributed by atoms with Gasteiger partial charge in [-0.1, -0.05) is 0 Å². The van der Waals surface area contributed by atoms with Crippen LogP contribution in [0.25, 0.3) is 0 Å². The Morgan fingerprint density at radius 1 is 1.55 bits per heavy atom. The maximum Gasteiger partial charge on any atom is 0.158 e. The number of nitrogens with two attached hydrogens (primary N) is 1. The summed E-state index contributed by atoms with van der Waals surface area (Å²) in [7, 11) is 0. The Balaban J connectivity index is 2.20. The Labute approximate surface area is 64.8 Å². The summed E-state index contributed by atoms with van der Waals surface area (Å²) < 4.78 is 4.81. The lowest BCUT2D eigenvalue weighted by atomic mass is 10.1. The highest BCUT2D eigenvalue weighted by Gasteiger charge is 2.31. The van der Waals surface area contributed by atoms with Gasteiger partial charge < -0.3 is 15.3 Å². The summed E-state index contributed by atoms with van der Waals surface area (Å²) >= 11 is 0. The van der Waals surface area contributed by atoms with Gasteiger partial charge in [-0.2, -0.15) is 0 Å². The SMILES string of the molecule is N[C@@H](c1cocc1O)C1CC1. The van der Waals surface area contributed by atoms with Crippen LogP contribution in [0, 0.1) is 5.92 Å². The van der Waals surface area contributed by atoms with E-state index < -0.39 is 0 Å². The fourth-order valence-electron chi connectivity index (χ4n) is 1.26. The zero-order valence-electron chi connectivity index (χ0n) is 6.16. The van der Waals surface area contributed by atoms with E-state index in [1.807, 2.05) is 0 Å². The number of hydrogen-bond acceptors (Lipinski definition) is 3. The number of hydrogen-bond donors (Lipinski definition) is 2. The summed E-state index contributed by atoms with van der Waals surface area (Å²) in [6.07, 6.45) is 5.19. The van der Waals surface area contributed by atoms with E-state index in [1.165, 1.54) is 25.4 Å². The van der Waals surface area contributed by atoms with Crippen molar-refractivity contribution in [1.82, 2.24) is 0 Å². The van der Waals surface area contributed by atoms with Gasteiger partial charge in [0.25, 0.3) is 0 Å². The summed E-state index contributed by atoms with van der Waals surface area (Å²) in [5.74, 6) is 0.739. The van der Waals surface area contributed by atoms with Crippen molar-refractivity contribution in [2.45, 2.75) is 18.9 Å². The first-order valence-corrected chi connectivity index (χ1v) is 3.79. The zero-order valence-corrected chi connectivity index (χ0v) is 6.16. The van der Waals surface area contributed by atoms with Crippen LogP contribution in [0.5, 0.6) is 5.75 Å². The van der Waals surface area contributed by atoms with Crippen molar-refractivity contribution in [3.63, 3.8) is 0 Å². The summed E-state index contributed by atoms with van der Waals surface area (Å²) in [5.41, 5.74) is 6.57. The second-order valence-corrected chi connectivity index (χ2v) is 3.08. The van der Waals surface area contributed by atoms with Gasteiger partial charge in [0.15, 0.2) is 5.75 Å². The summed E-state index contributed by atoms with van der Waals surface area (Å²) in [4.78, 5) is 0. The van der Waals surface area contributed by atoms with Crippen LogP contribution >= 0.6 is 0 Å². The number of rotatable bonds is 2. The fourth-order valence-corrected chi connectivity index (χ4v) is 1.26. The van der Waals surface area contributed by atoms with Crippen molar-refractivity contribution in [3.8, 4) is 5.75 Å². The molecule has 3 N–H and O–H groups in total. The van der Waals surface area contributed by atoms with Gasteiger partial charge in [0.2, 0.25) is 0 Å². The van der Waals surface area contributed by atoms with E-state index in [4.69, 9.17) is 10.2 Å². The summed E-state index contributed by atoms with van der Waals surface area (Å²) in [6, 6.07) is -0.0336. The minimum Gasteiger partial charge on any atom is -0.504 e. The van der Waals surface area contributed by atoms with Crippen LogP contribution in [0.2, 0.25) is 0 Å². The fraction of sp³-hybridized carbons (Fsp3) is 0.500. The summed E-state index contributed by atoms with van der Waals surface area (Å²) in [5, 5.41) is 9.22. The Morgan fingerprint density at radius 2 is 2.27 bits per heavy atom. The standard InChI is InChI=1S/C8H11NO2/c9-8(5-1-2-5)6-3-11-4-7(6)10/h3-5,8,10H,1-2,9H2/t8-/m1/s1. The van der Waals surface area contributed by atoms with E-state index in [0.29, 0.717) is 5.92 Å². The molecule has 60 valence electrons. The Bertz CT molecular complexity index is 252. The highest BCUT2D eigenvalue weighted by Crippen LogP contribution is 2.41. The van der Waals surface area contributed by atoms with Crippen LogP contribution in [0.4, 0.5) is 0 Å². The lowest BCUT2D eigenvalue weighted by Gasteiger charge is -2.06. The average Bonchev–Trinajstić information content (AvgIpc) is 2.74. The molecule has 3 heteroatoms. The molecule has 2 rings (SSSR count). The predicted molar refractivity (Wildman–Crippen MR) is 40.0 cm³/mol. The van der Waals surface area contributed by atoms with Gasteiger partial charge >= 0.3 is 0 Å². The molecule has 1 heterocycles. The number of furan rings is 1. The van der Waals surface area contributed by atoms with E-state index in [1.54, 1.807) is 0 Å². The van der Waals surface area contributed by atoms with E-state index in [0.717, 1.165) is 5.56 Å². The normalized spacial score (nSPS) is 20.1. The third-order valence-corrected chi connectivity index (χ3v) is 2.16. The lowest BCUT2D eigenvalue weighted by molar-refractivity contribution is 0.449. The Kier molecular flexibility index (Phi) is 1.39. The molecule has 0 spiro atoms. The van der Waals surface area contributed by atoms with Crippen molar-refractivity contribution in [2.75, 3.05) is 0 Å². The van der Waals surface area contributed by atoms with Gasteiger partial charge in [-0.05, 0) is 18.8 Å². The molecule has 1 fully saturated rings. The first-order chi connectivity index (χ1) is 5.29. The van der Waals surface area contributed by atoms with Crippen molar-refractivity contribution >= 4 is 0 Å². The van der Waals surface area contributed by atoms with Gasteiger partial charge in [0.05, 0.1) is 6.26 Å². The van der Waals surface area contributed by atoms with Gasteiger partial charge in [0.1, 0.15) is 6.26 Å². The smallest absolute Gasteiger partial charge is 0.158 e. The maximum absolute atomic E-state index is 9.22. The number of aromatic hydroxyl groups is 1. The molecule has 1 atom stereocenters. The van der Waals surface area contributed by atoms with Crippen LogP contribution < -0.4 is 5.73 Å². The highest BCUT2D eigenvalue weighted by atomic mass is 16.3. The van der Waals surface area contributed by atoms with Crippen LogP contribution in [-0.4, -0.2) is 5.11 Å². The van der Waals surface area contributed by atoms with Crippen LogP contribution in [0.15, 0.2) is 16.9 Å². The molecule has 0 saturated heterocycles. The van der Waals surface area contributed by atoms with E-state index in [2.05, 4.69) is 0 Å². The average molecular weight is 153 g/mol.